The summed E-state index contributed by atoms with van der Waals surface area (Å²) in [7, 11) is 0. The first-order valence-corrected chi connectivity index (χ1v) is 10.6. The quantitative estimate of drug-likeness (QED) is 0.435. The fourth-order valence-corrected chi connectivity index (χ4v) is 4.90. The summed E-state index contributed by atoms with van der Waals surface area (Å²) in [6, 6.07) is 4.94. The van der Waals surface area contributed by atoms with Gasteiger partial charge in [0.05, 0.1) is 16.8 Å². The van der Waals surface area contributed by atoms with Crippen LogP contribution in [0.4, 0.5) is 18.9 Å². The van der Waals surface area contributed by atoms with E-state index in [2.05, 4.69) is 15.3 Å². The predicted octanol–water partition coefficient (Wildman–Crippen LogP) is 5.24. The molecule has 0 unspecified atom stereocenters. The van der Waals surface area contributed by atoms with Crippen LogP contribution >= 0.6 is 22.9 Å². The highest BCUT2D eigenvalue weighted by molar-refractivity contribution is 7.25. The number of anilines is 1. The van der Waals surface area contributed by atoms with Gasteiger partial charge in [0.2, 0.25) is 5.91 Å². The number of fused-ring (bicyclic) bond motifs is 3. The lowest BCUT2D eigenvalue weighted by atomic mass is 10.1. The summed E-state index contributed by atoms with van der Waals surface area (Å²) in [5.74, 6) is -0.528. The van der Waals surface area contributed by atoms with Crippen LogP contribution in [-0.2, 0) is 17.5 Å². The molecule has 1 aromatic carbocycles. The summed E-state index contributed by atoms with van der Waals surface area (Å²) < 4.78 is 41.3. The van der Waals surface area contributed by atoms with Crippen LogP contribution in [0, 0.1) is 20.8 Å². The topological polar surface area (TPSA) is 76.9 Å². The smallest absolute Gasteiger partial charge is 0.324 e. The van der Waals surface area contributed by atoms with E-state index < -0.39 is 35.4 Å². The maximum Gasteiger partial charge on any atom is 0.418 e. The van der Waals surface area contributed by atoms with Gasteiger partial charge in [-0.05, 0) is 50.6 Å². The minimum absolute atomic E-state index is 0.110. The van der Waals surface area contributed by atoms with Gasteiger partial charge < -0.3 is 5.32 Å². The van der Waals surface area contributed by atoms with Gasteiger partial charge in [-0.25, -0.2) is 9.97 Å². The second kappa shape index (κ2) is 7.86. The van der Waals surface area contributed by atoms with E-state index in [0.29, 0.717) is 15.0 Å². The lowest BCUT2D eigenvalue weighted by molar-refractivity contribution is -0.137. The molecule has 0 spiro atoms. The number of benzene rings is 1. The zero-order valence-electron chi connectivity index (χ0n) is 17.1. The molecule has 0 atom stereocenters. The minimum Gasteiger partial charge on any atom is -0.324 e. The molecule has 32 heavy (non-hydrogen) atoms. The molecule has 0 aliphatic rings. The number of rotatable bonds is 3. The number of aryl methyl sites for hydroxylation is 3. The van der Waals surface area contributed by atoms with E-state index in [1.807, 2.05) is 19.9 Å². The molecule has 0 saturated carbocycles. The van der Waals surface area contributed by atoms with Crippen LogP contribution in [0.15, 0.2) is 29.1 Å². The van der Waals surface area contributed by atoms with E-state index in [0.717, 1.165) is 33.3 Å². The number of thiophene rings is 1. The Hall–Kier alpha value is -2.98. The highest BCUT2D eigenvalue weighted by atomic mass is 35.5. The van der Waals surface area contributed by atoms with E-state index in [9.17, 15) is 22.8 Å². The molecule has 0 saturated heterocycles. The van der Waals surface area contributed by atoms with Gasteiger partial charge in [-0.2, -0.15) is 13.2 Å². The van der Waals surface area contributed by atoms with Crippen LogP contribution in [0.25, 0.3) is 20.4 Å². The molecule has 4 aromatic rings. The van der Waals surface area contributed by atoms with Crippen molar-refractivity contribution in [2.75, 3.05) is 5.32 Å². The standard InChI is InChI=1S/C21H16ClF3N4O2S/c1-9-6-10(2)26-19-16(9)17-18(32-19)20(31)29(11(3)27-17)8-15(30)28-14-5-4-12(22)7-13(14)21(23,24)25/h4-7H,8H2,1-3H3,(H,28,30). The number of pyridine rings is 1. The van der Waals surface area contributed by atoms with E-state index in [-0.39, 0.29) is 10.8 Å². The molecule has 1 N–H and O–H groups in total. The third-order valence-electron chi connectivity index (χ3n) is 4.93. The SMILES string of the molecule is Cc1cc(C)c2c(n1)sc1c(=O)n(CC(=O)Nc3ccc(Cl)cc3C(F)(F)F)c(C)nc12. The molecular formula is C21H16ClF3N4O2S. The zero-order valence-corrected chi connectivity index (χ0v) is 18.7. The number of carbonyl (C=O) groups is 1. The number of aromatic nitrogens is 3. The molecule has 3 aromatic heterocycles. The second-order valence-electron chi connectivity index (χ2n) is 7.33. The van der Waals surface area contributed by atoms with Crippen molar-refractivity contribution < 1.29 is 18.0 Å². The molecule has 1 amide bonds. The molecule has 11 heteroatoms. The van der Waals surface area contributed by atoms with Crippen LogP contribution in [0.2, 0.25) is 5.02 Å². The Labute approximate surface area is 188 Å². The number of nitrogens with zero attached hydrogens (tertiary/aromatic N) is 3. The van der Waals surface area contributed by atoms with Gasteiger partial charge in [-0.3, -0.25) is 14.2 Å². The molecule has 166 valence electrons. The summed E-state index contributed by atoms with van der Waals surface area (Å²) >= 11 is 6.85. The third-order valence-corrected chi connectivity index (χ3v) is 6.22. The number of alkyl halides is 3. The van der Waals surface area contributed by atoms with E-state index in [4.69, 9.17) is 11.6 Å². The number of amides is 1. The number of carbonyl (C=O) groups excluding carboxylic acids is 1. The van der Waals surface area contributed by atoms with E-state index in [1.165, 1.54) is 17.4 Å². The number of hydrogen-bond donors (Lipinski definition) is 1. The zero-order chi connectivity index (χ0) is 23.4. The van der Waals surface area contributed by atoms with Crippen LogP contribution < -0.4 is 10.9 Å². The minimum atomic E-state index is -4.71. The summed E-state index contributed by atoms with van der Waals surface area (Å²) in [5, 5.41) is 2.90. The Morgan fingerprint density at radius 1 is 1.19 bits per heavy atom. The molecule has 4 rings (SSSR count). The van der Waals surface area contributed by atoms with Gasteiger partial charge in [0.25, 0.3) is 5.56 Å². The van der Waals surface area contributed by atoms with Gasteiger partial charge in [0, 0.05) is 16.1 Å². The van der Waals surface area contributed by atoms with Crippen molar-refractivity contribution in [3.63, 3.8) is 0 Å². The molecule has 0 fully saturated rings. The Morgan fingerprint density at radius 3 is 2.59 bits per heavy atom. The lowest BCUT2D eigenvalue weighted by Crippen LogP contribution is -2.30. The number of nitrogens with one attached hydrogen (secondary N) is 1. The first-order valence-electron chi connectivity index (χ1n) is 9.40. The van der Waals surface area contributed by atoms with Gasteiger partial charge in [-0.15, -0.1) is 11.3 Å². The van der Waals surface area contributed by atoms with Crippen molar-refractivity contribution in [3.8, 4) is 0 Å². The molecule has 0 bridgehead atoms. The van der Waals surface area contributed by atoms with Crippen molar-refractivity contribution in [1.82, 2.24) is 14.5 Å². The van der Waals surface area contributed by atoms with Crippen molar-refractivity contribution in [1.29, 1.82) is 0 Å². The monoisotopic (exact) mass is 480 g/mol. The van der Waals surface area contributed by atoms with Crippen LogP contribution in [0.1, 0.15) is 22.6 Å². The predicted molar refractivity (Wildman–Crippen MR) is 118 cm³/mol. The Morgan fingerprint density at radius 2 is 1.91 bits per heavy atom. The molecule has 0 radical (unpaired) electrons. The average molecular weight is 481 g/mol. The fraction of sp³-hybridized carbons (Fsp3) is 0.238. The maximum absolute atomic E-state index is 13.3. The largest absolute Gasteiger partial charge is 0.418 e. The van der Waals surface area contributed by atoms with Crippen molar-refractivity contribution >= 4 is 55.0 Å². The fourth-order valence-electron chi connectivity index (χ4n) is 3.55. The number of halogens is 4. The second-order valence-corrected chi connectivity index (χ2v) is 8.76. The third kappa shape index (κ3) is 3.95. The van der Waals surface area contributed by atoms with Gasteiger partial charge in [-0.1, -0.05) is 11.6 Å². The van der Waals surface area contributed by atoms with E-state index >= 15 is 0 Å². The molecule has 3 heterocycles. The van der Waals surface area contributed by atoms with Crippen molar-refractivity contribution in [2.24, 2.45) is 0 Å². The van der Waals surface area contributed by atoms with Crippen LogP contribution in [0.3, 0.4) is 0 Å². The van der Waals surface area contributed by atoms with Crippen molar-refractivity contribution in [3.05, 3.63) is 62.3 Å². The summed E-state index contributed by atoms with van der Waals surface area (Å²) in [4.78, 5) is 35.3. The Bertz CT molecular complexity index is 1460. The summed E-state index contributed by atoms with van der Waals surface area (Å²) in [5.41, 5.74) is 0.284. The molecule has 0 aliphatic heterocycles. The first-order chi connectivity index (χ1) is 15.0. The average Bonchev–Trinajstić information content (AvgIpc) is 3.04. The molecular weight excluding hydrogens is 465 g/mol. The lowest BCUT2D eigenvalue weighted by Gasteiger charge is -2.15. The number of hydrogen-bond acceptors (Lipinski definition) is 5. The maximum atomic E-state index is 13.3. The highest BCUT2D eigenvalue weighted by Gasteiger charge is 2.34. The summed E-state index contributed by atoms with van der Waals surface area (Å²) in [6.45, 7) is 4.83. The molecule has 0 aliphatic carbocycles. The highest BCUT2D eigenvalue weighted by Crippen LogP contribution is 2.36. The Balaban J connectivity index is 1.73. The van der Waals surface area contributed by atoms with Crippen molar-refractivity contribution in [2.45, 2.75) is 33.5 Å². The summed E-state index contributed by atoms with van der Waals surface area (Å²) in [6.07, 6.45) is -4.71. The first kappa shape index (κ1) is 22.2. The van der Waals surface area contributed by atoms with Crippen LogP contribution in [-0.4, -0.2) is 20.4 Å². The normalized spacial score (nSPS) is 12.0. The van der Waals surface area contributed by atoms with Crippen LogP contribution in [0.5, 0.6) is 0 Å². The Kier molecular flexibility index (Phi) is 5.46. The van der Waals surface area contributed by atoms with E-state index in [1.54, 1.807) is 6.92 Å². The van der Waals surface area contributed by atoms with Gasteiger partial charge in [0.15, 0.2) is 0 Å². The molecule has 6 nitrogen and oxygen atoms in total. The van der Waals surface area contributed by atoms with Gasteiger partial charge >= 0.3 is 6.18 Å². The van der Waals surface area contributed by atoms with Gasteiger partial charge in [0.1, 0.15) is 21.9 Å².